The maximum Gasteiger partial charge on any atom is 0.232 e. The lowest BCUT2D eigenvalue weighted by Gasteiger charge is -2.27. The second kappa shape index (κ2) is 7.97. The van der Waals surface area contributed by atoms with Crippen LogP contribution < -0.4 is 4.31 Å². The van der Waals surface area contributed by atoms with Crippen LogP contribution >= 0.6 is 15.9 Å². The van der Waals surface area contributed by atoms with Crippen molar-refractivity contribution in [2.75, 3.05) is 30.3 Å². The number of hydrogen-bond donors (Lipinski definition) is 0. The Morgan fingerprint density at radius 2 is 1.65 bits per heavy atom. The van der Waals surface area contributed by atoms with Gasteiger partial charge in [-0.15, -0.1) is 0 Å². The van der Waals surface area contributed by atoms with Crippen LogP contribution in [0, 0.1) is 0 Å². The van der Waals surface area contributed by atoms with Crippen molar-refractivity contribution in [3.63, 3.8) is 0 Å². The summed E-state index contributed by atoms with van der Waals surface area (Å²) in [6, 6.07) is 7.06. The van der Waals surface area contributed by atoms with Crippen LogP contribution in [0.3, 0.4) is 0 Å². The zero-order valence-electron chi connectivity index (χ0n) is 11.9. The van der Waals surface area contributed by atoms with Crippen LogP contribution in [0.4, 0.5) is 5.69 Å². The molecule has 7 heteroatoms. The zero-order valence-corrected chi connectivity index (χ0v) is 14.3. The first-order chi connectivity index (χ1) is 9.38. The summed E-state index contributed by atoms with van der Waals surface area (Å²) >= 11 is 3.33. The second-order valence-corrected chi connectivity index (χ2v) is 6.93. The van der Waals surface area contributed by atoms with E-state index in [0.29, 0.717) is 18.9 Å². The molecule has 0 unspecified atom stereocenters. The van der Waals surface area contributed by atoms with Gasteiger partial charge in [-0.1, -0.05) is 15.9 Å². The molecule has 0 atom stereocenters. The number of nitrogens with zero attached hydrogens (tertiary/aromatic N) is 1. The minimum Gasteiger partial charge on any atom is -0.351 e. The van der Waals surface area contributed by atoms with Crippen molar-refractivity contribution in [3.05, 3.63) is 28.7 Å². The Balaban J connectivity index is 2.98. The number of sulfonamides is 1. The first-order valence-corrected chi connectivity index (χ1v) is 8.99. The Morgan fingerprint density at radius 3 is 2.05 bits per heavy atom. The van der Waals surface area contributed by atoms with Crippen LogP contribution in [0.15, 0.2) is 28.7 Å². The summed E-state index contributed by atoms with van der Waals surface area (Å²) in [5.74, 6) is 0. The maximum absolute atomic E-state index is 12.0. The third kappa shape index (κ3) is 5.40. The van der Waals surface area contributed by atoms with Crippen molar-refractivity contribution in [2.24, 2.45) is 0 Å². The van der Waals surface area contributed by atoms with Gasteiger partial charge in [-0.25, -0.2) is 8.42 Å². The lowest BCUT2D eigenvalue weighted by Crippen LogP contribution is -2.39. The molecule has 1 aromatic rings. The van der Waals surface area contributed by atoms with Gasteiger partial charge in [0.2, 0.25) is 10.0 Å². The normalized spacial score (nSPS) is 11.8. The topological polar surface area (TPSA) is 55.8 Å². The van der Waals surface area contributed by atoms with E-state index in [0.717, 1.165) is 4.47 Å². The molecule has 0 bridgehead atoms. The molecule has 0 spiro atoms. The van der Waals surface area contributed by atoms with Crippen molar-refractivity contribution in [2.45, 2.75) is 20.1 Å². The molecule has 0 aliphatic rings. The molecule has 0 fully saturated rings. The van der Waals surface area contributed by atoms with Crippen LogP contribution in [0.1, 0.15) is 13.8 Å². The molecule has 1 rings (SSSR count). The predicted octanol–water partition coefficient (Wildman–Crippen LogP) is 2.61. The fraction of sp³-hybridized carbons (Fsp3) is 0.538. The first kappa shape index (κ1) is 17.4. The largest absolute Gasteiger partial charge is 0.351 e. The standard InChI is InChI=1S/C13H20BrNO4S/c1-4-18-13(19-5-2)10-15(20(3,16)17)12-8-6-11(14)7-9-12/h6-9,13H,4-5,10H2,1-3H3. The summed E-state index contributed by atoms with van der Waals surface area (Å²) in [5, 5.41) is 0. The lowest BCUT2D eigenvalue weighted by atomic mass is 10.3. The SMILES string of the molecule is CCOC(CN(c1ccc(Br)cc1)S(C)(=O)=O)OCC. The van der Waals surface area contributed by atoms with E-state index in [-0.39, 0.29) is 6.54 Å². The molecule has 0 radical (unpaired) electrons. The van der Waals surface area contributed by atoms with Crippen LogP contribution in [0.25, 0.3) is 0 Å². The number of rotatable bonds is 8. The van der Waals surface area contributed by atoms with Crippen molar-refractivity contribution < 1.29 is 17.9 Å². The molecule has 1 aromatic carbocycles. The monoisotopic (exact) mass is 365 g/mol. The van der Waals surface area contributed by atoms with Gasteiger partial charge < -0.3 is 9.47 Å². The molecule has 5 nitrogen and oxygen atoms in total. The van der Waals surface area contributed by atoms with Gasteiger partial charge in [-0.2, -0.15) is 0 Å². The van der Waals surface area contributed by atoms with E-state index >= 15 is 0 Å². The fourth-order valence-electron chi connectivity index (χ4n) is 1.70. The molecule has 20 heavy (non-hydrogen) atoms. The van der Waals surface area contributed by atoms with Gasteiger partial charge in [0.05, 0.1) is 18.5 Å². The summed E-state index contributed by atoms with van der Waals surface area (Å²) in [7, 11) is -3.40. The molecule has 0 aliphatic heterocycles. The van der Waals surface area contributed by atoms with Crippen LogP contribution in [0.2, 0.25) is 0 Å². The van der Waals surface area contributed by atoms with Gasteiger partial charge in [0.25, 0.3) is 0 Å². The second-order valence-electron chi connectivity index (χ2n) is 4.11. The smallest absolute Gasteiger partial charge is 0.232 e. The van der Waals surface area contributed by atoms with E-state index in [1.165, 1.54) is 10.6 Å². The van der Waals surface area contributed by atoms with E-state index in [1.807, 2.05) is 13.8 Å². The molecule has 0 N–H and O–H groups in total. The summed E-state index contributed by atoms with van der Waals surface area (Å²) in [5.41, 5.74) is 0.583. The Hall–Kier alpha value is -0.630. The Bertz CT molecular complexity index is 498. The Morgan fingerprint density at radius 1 is 1.15 bits per heavy atom. The molecule has 0 saturated heterocycles. The van der Waals surface area contributed by atoms with E-state index < -0.39 is 16.3 Å². The van der Waals surface area contributed by atoms with Gasteiger partial charge in [-0.3, -0.25) is 4.31 Å². The highest BCUT2D eigenvalue weighted by Gasteiger charge is 2.22. The third-order valence-corrected chi connectivity index (χ3v) is 4.22. The van der Waals surface area contributed by atoms with Crippen molar-refractivity contribution in [1.29, 1.82) is 0 Å². The molecule has 0 aliphatic carbocycles. The molecule has 0 amide bonds. The van der Waals surface area contributed by atoms with Gasteiger partial charge >= 0.3 is 0 Å². The number of hydrogen-bond acceptors (Lipinski definition) is 4. The van der Waals surface area contributed by atoms with E-state index in [4.69, 9.17) is 9.47 Å². The molecule has 114 valence electrons. The molecule has 0 heterocycles. The van der Waals surface area contributed by atoms with Crippen LogP contribution in [-0.4, -0.2) is 40.7 Å². The Labute approximate surface area is 129 Å². The summed E-state index contributed by atoms with van der Waals surface area (Å²) in [4.78, 5) is 0. The predicted molar refractivity (Wildman–Crippen MR) is 83.4 cm³/mol. The van der Waals surface area contributed by atoms with E-state index in [2.05, 4.69) is 15.9 Å². The van der Waals surface area contributed by atoms with Crippen molar-refractivity contribution >= 4 is 31.6 Å². The number of anilines is 1. The van der Waals surface area contributed by atoms with Gasteiger partial charge in [0, 0.05) is 17.7 Å². The van der Waals surface area contributed by atoms with E-state index in [1.54, 1.807) is 24.3 Å². The van der Waals surface area contributed by atoms with Gasteiger partial charge in [0.1, 0.15) is 0 Å². The van der Waals surface area contributed by atoms with Crippen molar-refractivity contribution in [3.8, 4) is 0 Å². The van der Waals surface area contributed by atoms with Crippen molar-refractivity contribution in [1.82, 2.24) is 0 Å². The summed E-state index contributed by atoms with van der Waals surface area (Å²) in [6.07, 6.45) is 0.590. The summed E-state index contributed by atoms with van der Waals surface area (Å²) < 4.78 is 36.9. The van der Waals surface area contributed by atoms with Gasteiger partial charge in [-0.05, 0) is 38.1 Å². The number of benzene rings is 1. The maximum atomic E-state index is 12.0. The quantitative estimate of drug-likeness (QED) is 0.664. The minimum atomic E-state index is -3.40. The van der Waals surface area contributed by atoms with E-state index in [9.17, 15) is 8.42 Å². The molecular formula is C13H20BrNO4S. The Kier molecular flexibility index (Phi) is 6.94. The average Bonchev–Trinajstić information content (AvgIpc) is 2.36. The highest BCUT2D eigenvalue weighted by molar-refractivity contribution is 9.10. The van der Waals surface area contributed by atoms with Crippen LogP contribution in [-0.2, 0) is 19.5 Å². The fourth-order valence-corrected chi connectivity index (χ4v) is 2.86. The molecule has 0 aromatic heterocycles. The third-order valence-electron chi connectivity index (χ3n) is 2.53. The molecular weight excluding hydrogens is 346 g/mol. The first-order valence-electron chi connectivity index (χ1n) is 6.35. The van der Waals surface area contributed by atoms with Gasteiger partial charge in [0.15, 0.2) is 6.29 Å². The highest BCUT2D eigenvalue weighted by Crippen LogP contribution is 2.21. The van der Waals surface area contributed by atoms with Crippen LogP contribution in [0.5, 0.6) is 0 Å². The summed E-state index contributed by atoms with van der Waals surface area (Å²) in [6.45, 7) is 4.74. The molecule has 0 saturated carbocycles. The minimum absolute atomic E-state index is 0.127. The number of halogens is 1. The highest BCUT2D eigenvalue weighted by atomic mass is 79.9. The number of ether oxygens (including phenoxy) is 2. The lowest BCUT2D eigenvalue weighted by molar-refractivity contribution is -0.128. The zero-order chi connectivity index (χ0) is 15.2. The average molecular weight is 366 g/mol.